The molecule has 2 aromatic carbocycles. The molecule has 1 unspecified atom stereocenters. The fourth-order valence-corrected chi connectivity index (χ4v) is 4.48. The molecular weight excluding hydrogens is 480 g/mol. The van der Waals surface area contributed by atoms with Crippen LogP contribution in [0.5, 0.6) is 0 Å². The molecule has 2 aliphatic rings. The van der Waals surface area contributed by atoms with E-state index in [9.17, 15) is 29.4 Å². The first-order chi connectivity index (χ1) is 17.7. The summed E-state index contributed by atoms with van der Waals surface area (Å²) in [6.07, 6.45) is -0.766. The Morgan fingerprint density at radius 1 is 1.08 bits per heavy atom. The minimum atomic E-state index is -1.41. The number of fused-ring (bicyclic) bond motifs is 3. The first-order valence-corrected chi connectivity index (χ1v) is 11.8. The summed E-state index contributed by atoms with van der Waals surface area (Å²) in [6.45, 7) is 0.563. The van der Waals surface area contributed by atoms with Gasteiger partial charge in [0, 0.05) is 30.8 Å². The van der Waals surface area contributed by atoms with Crippen molar-refractivity contribution in [3.63, 3.8) is 0 Å². The zero-order valence-electron chi connectivity index (χ0n) is 20.2. The van der Waals surface area contributed by atoms with Crippen LogP contribution in [0.3, 0.4) is 0 Å². The fraction of sp³-hybridized carbons (Fsp3) is 0.308. The van der Waals surface area contributed by atoms with Gasteiger partial charge in [0.15, 0.2) is 0 Å². The van der Waals surface area contributed by atoms with Crippen LogP contribution in [0, 0.1) is 0 Å². The molecule has 0 fully saturated rings. The van der Waals surface area contributed by atoms with E-state index < -0.39 is 36.8 Å². The number of aliphatic carboxylic acids is 1. The van der Waals surface area contributed by atoms with Gasteiger partial charge in [-0.25, -0.2) is 4.79 Å². The number of carbonyl (C=O) groups is 4. The van der Waals surface area contributed by atoms with E-state index in [1.165, 1.54) is 18.0 Å². The molecule has 2 aromatic rings. The first-order valence-electron chi connectivity index (χ1n) is 11.8. The van der Waals surface area contributed by atoms with Gasteiger partial charge in [0.1, 0.15) is 19.7 Å². The average molecular weight is 509 g/mol. The van der Waals surface area contributed by atoms with Crippen molar-refractivity contribution in [1.82, 2.24) is 20.4 Å². The Hall–Kier alpha value is -4.38. The molecule has 0 radical (unpaired) electrons. The molecule has 0 spiro atoms. The summed E-state index contributed by atoms with van der Waals surface area (Å²) in [5.41, 5.74) is 4.67. The molecule has 194 valence electrons. The van der Waals surface area contributed by atoms with Crippen molar-refractivity contribution < 1.29 is 34.1 Å². The van der Waals surface area contributed by atoms with Gasteiger partial charge in [-0.3, -0.25) is 14.4 Å². The Labute approximate surface area is 213 Å². The number of aliphatic hydroxyl groups excluding tert-OH is 1. The molecule has 1 heterocycles. The molecule has 0 saturated carbocycles. The summed E-state index contributed by atoms with van der Waals surface area (Å²) < 4.78 is 5.46. The van der Waals surface area contributed by atoms with Crippen LogP contribution in [0.25, 0.3) is 11.1 Å². The van der Waals surface area contributed by atoms with E-state index in [1.807, 2.05) is 48.5 Å². The van der Waals surface area contributed by atoms with Gasteiger partial charge in [0.05, 0.1) is 0 Å². The monoisotopic (exact) mass is 508 g/mol. The van der Waals surface area contributed by atoms with Crippen LogP contribution in [0.1, 0.15) is 24.0 Å². The predicted octanol–water partition coefficient (Wildman–Crippen LogP) is 1.05. The number of benzene rings is 2. The van der Waals surface area contributed by atoms with Gasteiger partial charge in [0.2, 0.25) is 12.3 Å². The molecule has 0 bridgehead atoms. The number of alkyl carbamates (subject to hydrolysis) is 1. The van der Waals surface area contributed by atoms with Crippen molar-refractivity contribution in [3.05, 3.63) is 71.4 Å². The lowest BCUT2D eigenvalue weighted by molar-refractivity contribution is -0.146. The molecule has 11 nitrogen and oxygen atoms in total. The van der Waals surface area contributed by atoms with E-state index in [1.54, 1.807) is 0 Å². The Morgan fingerprint density at radius 2 is 1.70 bits per heavy atom. The Balaban J connectivity index is 1.30. The van der Waals surface area contributed by atoms with Crippen LogP contribution in [0.15, 0.2) is 60.3 Å². The van der Waals surface area contributed by atoms with Gasteiger partial charge in [-0.2, -0.15) is 0 Å². The molecule has 11 heteroatoms. The van der Waals surface area contributed by atoms with Crippen LogP contribution < -0.4 is 10.6 Å². The highest BCUT2D eigenvalue weighted by Gasteiger charge is 2.29. The van der Waals surface area contributed by atoms with Gasteiger partial charge in [-0.15, -0.1) is 0 Å². The molecule has 3 amide bonds. The summed E-state index contributed by atoms with van der Waals surface area (Å²) in [5, 5.41) is 24.0. The summed E-state index contributed by atoms with van der Waals surface area (Å²) in [6, 6.07) is 15.9. The number of aliphatic hydroxyl groups is 1. The van der Waals surface area contributed by atoms with Gasteiger partial charge >= 0.3 is 12.1 Å². The maximum atomic E-state index is 12.7. The van der Waals surface area contributed by atoms with E-state index in [0.717, 1.165) is 27.2 Å². The largest absolute Gasteiger partial charge is 0.480 e. The smallest absolute Gasteiger partial charge is 0.407 e. The minimum Gasteiger partial charge on any atom is -0.480 e. The second-order valence-electron chi connectivity index (χ2n) is 8.79. The second kappa shape index (κ2) is 11.1. The van der Waals surface area contributed by atoms with E-state index in [4.69, 9.17) is 4.74 Å². The van der Waals surface area contributed by atoms with Crippen LogP contribution in [-0.4, -0.2) is 83.0 Å². The number of carbonyl (C=O) groups excluding carboxylic acids is 3. The van der Waals surface area contributed by atoms with Gasteiger partial charge in [-0.05, 0) is 29.2 Å². The number of hydrogen-bond acceptors (Lipinski definition) is 7. The third-order valence-electron chi connectivity index (χ3n) is 6.28. The third-order valence-corrected chi connectivity index (χ3v) is 6.28. The first kappa shape index (κ1) is 25.7. The van der Waals surface area contributed by atoms with Crippen molar-refractivity contribution in [2.75, 3.05) is 32.8 Å². The highest BCUT2D eigenvalue weighted by atomic mass is 16.5. The van der Waals surface area contributed by atoms with Crippen LogP contribution in [0.2, 0.25) is 0 Å². The van der Waals surface area contributed by atoms with E-state index in [2.05, 4.69) is 10.6 Å². The molecule has 4 rings (SSSR count). The van der Waals surface area contributed by atoms with Crippen LogP contribution in [-0.2, 0) is 19.1 Å². The topological polar surface area (TPSA) is 149 Å². The lowest BCUT2D eigenvalue weighted by Gasteiger charge is -2.32. The summed E-state index contributed by atoms with van der Waals surface area (Å²) in [5.74, 6) is -2.40. The number of nitrogens with zero attached hydrogens (tertiary/aromatic N) is 2. The molecule has 0 aromatic heterocycles. The number of carboxylic acid groups (broad SMARTS) is 1. The third kappa shape index (κ3) is 5.89. The number of carboxylic acids is 1. The van der Waals surface area contributed by atoms with Gasteiger partial charge in [0.25, 0.3) is 5.91 Å². The maximum Gasteiger partial charge on any atom is 0.407 e. The van der Waals surface area contributed by atoms with Crippen molar-refractivity contribution in [3.8, 4) is 11.1 Å². The van der Waals surface area contributed by atoms with E-state index in [-0.39, 0.29) is 32.2 Å². The Bertz CT molecular complexity index is 1200. The summed E-state index contributed by atoms with van der Waals surface area (Å²) in [4.78, 5) is 50.2. The molecule has 1 aliphatic heterocycles. The van der Waals surface area contributed by atoms with Crippen LogP contribution in [0.4, 0.5) is 4.79 Å². The van der Waals surface area contributed by atoms with Crippen molar-refractivity contribution in [2.24, 2.45) is 0 Å². The number of ether oxygens (including phenoxy) is 1. The second-order valence-corrected chi connectivity index (χ2v) is 8.79. The molecule has 0 saturated heterocycles. The normalized spacial score (nSPS) is 16.3. The molecule has 4 N–H and O–H groups in total. The van der Waals surface area contributed by atoms with Crippen molar-refractivity contribution >= 4 is 23.9 Å². The Morgan fingerprint density at radius 3 is 2.32 bits per heavy atom. The summed E-state index contributed by atoms with van der Waals surface area (Å²) >= 11 is 0. The van der Waals surface area contributed by atoms with E-state index >= 15 is 0 Å². The number of hydrogen-bond donors (Lipinski definition) is 4. The lowest BCUT2D eigenvalue weighted by Crippen LogP contribution is -2.53. The standard InChI is InChI=1S/C26H28N4O7/c1-16-12-30(25(35)28-24(16)34)13-22(31)29(14-23(32)33)11-10-27-26(36)37-15-21-19-8-4-2-6-17(19)18-7-3-5-9-20(18)21/h2-9,12,21,25,35H,10-11,13-15H2,1H3,(H,27,36)(H,28,34)(H,32,33). The number of nitrogens with one attached hydrogen (secondary N) is 2. The van der Waals surface area contributed by atoms with Gasteiger partial charge < -0.3 is 35.4 Å². The Kier molecular flexibility index (Phi) is 7.73. The lowest BCUT2D eigenvalue weighted by atomic mass is 9.98. The van der Waals surface area contributed by atoms with Crippen molar-refractivity contribution in [1.29, 1.82) is 0 Å². The minimum absolute atomic E-state index is 0.0378. The molecule has 1 aliphatic carbocycles. The highest BCUT2D eigenvalue weighted by Crippen LogP contribution is 2.44. The number of rotatable bonds is 9. The average Bonchev–Trinajstić information content (AvgIpc) is 3.19. The van der Waals surface area contributed by atoms with E-state index in [0.29, 0.717) is 5.57 Å². The quantitative estimate of drug-likeness (QED) is 0.393. The molecule has 1 atom stereocenters. The highest BCUT2D eigenvalue weighted by molar-refractivity contribution is 5.93. The zero-order chi connectivity index (χ0) is 26.5. The SMILES string of the molecule is CC1=CN(CC(=O)N(CCNC(=O)OCC2c3ccccc3-c3ccccc32)CC(=O)O)C(O)NC1=O. The van der Waals surface area contributed by atoms with Crippen LogP contribution >= 0.6 is 0 Å². The van der Waals surface area contributed by atoms with Crippen molar-refractivity contribution in [2.45, 2.75) is 19.2 Å². The zero-order valence-corrected chi connectivity index (χ0v) is 20.2. The predicted molar refractivity (Wildman–Crippen MR) is 132 cm³/mol. The van der Waals surface area contributed by atoms with Gasteiger partial charge in [-0.1, -0.05) is 48.5 Å². The molecular formula is C26H28N4O7. The molecule has 37 heavy (non-hydrogen) atoms. The summed E-state index contributed by atoms with van der Waals surface area (Å²) in [7, 11) is 0. The maximum absolute atomic E-state index is 12.7. The number of amides is 3. The fourth-order valence-electron chi connectivity index (χ4n) is 4.48.